The molecule has 1 aliphatic rings. The van der Waals surface area contributed by atoms with Crippen LogP contribution in [0.2, 0.25) is 0 Å². The first-order valence-corrected chi connectivity index (χ1v) is 6.98. The standard InChI is InChI=1S/C13H25N3O3/c1-19-9-8-16-12(17)5-7-15-13(18)10-11-4-2-3-6-14-11/h11,14H,2-10H2,1H3,(H,15,18)(H,16,17). The van der Waals surface area contributed by atoms with E-state index in [4.69, 9.17) is 4.74 Å². The molecule has 0 radical (unpaired) electrons. The molecule has 2 amide bonds. The number of amides is 2. The Morgan fingerprint density at radius 2 is 2.00 bits per heavy atom. The number of ether oxygens (including phenoxy) is 1. The average Bonchev–Trinajstić information content (AvgIpc) is 2.40. The third-order valence-corrected chi connectivity index (χ3v) is 3.15. The second-order valence-corrected chi connectivity index (χ2v) is 4.79. The minimum atomic E-state index is -0.0619. The first-order chi connectivity index (χ1) is 9.22. The van der Waals surface area contributed by atoms with Crippen molar-refractivity contribution in [1.29, 1.82) is 0 Å². The Hall–Kier alpha value is -1.14. The summed E-state index contributed by atoms with van der Waals surface area (Å²) >= 11 is 0. The van der Waals surface area contributed by atoms with E-state index < -0.39 is 0 Å². The lowest BCUT2D eigenvalue weighted by atomic mass is 10.0. The second kappa shape index (κ2) is 9.75. The highest BCUT2D eigenvalue weighted by Gasteiger charge is 2.15. The molecule has 19 heavy (non-hydrogen) atoms. The molecule has 1 heterocycles. The fourth-order valence-corrected chi connectivity index (χ4v) is 2.09. The maximum absolute atomic E-state index is 11.7. The first kappa shape index (κ1) is 15.9. The van der Waals surface area contributed by atoms with Gasteiger partial charge in [0.2, 0.25) is 11.8 Å². The van der Waals surface area contributed by atoms with Gasteiger partial charge in [-0.1, -0.05) is 6.42 Å². The zero-order valence-corrected chi connectivity index (χ0v) is 11.7. The molecular weight excluding hydrogens is 246 g/mol. The molecule has 0 bridgehead atoms. The number of piperidine rings is 1. The Labute approximate surface area is 114 Å². The Morgan fingerprint density at radius 3 is 2.68 bits per heavy atom. The maximum Gasteiger partial charge on any atom is 0.221 e. The van der Waals surface area contributed by atoms with Crippen LogP contribution in [0.3, 0.4) is 0 Å². The number of hydrogen-bond donors (Lipinski definition) is 3. The lowest BCUT2D eigenvalue weighted by Gasteiger charge is -2.22. The second-order valence-electron chi connectivity index (χ2n) is 4.79. The summed E-state index contributed by atoms with van der Waals surface area (Å²) in [4.78, 5) is 23.0. The van der Waals surface area contributed by atoms with Gasteiger partial charge in [0.1, 0.15) is 0 Å². The molecule has 0 spiro atoms. The third-order valence-electron chi connectivity index (χ3n) is 3.15. The highest BCUT2D eigenvalue weighted by molar-refractivity contribution is 5.79. The summed E-state index contributed by atoms with van der Waals surface area (Å²) in [5.74, 6) is -0.0442. The normalized spacial score (nSPS) is 18.9. The number of rotatable bonds is 8. The molecule has 110 valence electrons. The van der Waals surface area contributed by atoms with Crippen molar-refractivity contribution in [3.05, 3.63) is 0 Å². The Balaban J connectivity index is 2.01. The van der Waals surface area contributed by atoms with Crippen LogP contribution in [-0.2, 0) is 14.3 Å². The van der Waals surface area contributed by atoms with Crippen molar-refractivity contribution in [3.8, 4) is 0 Å². The first-order valence-electron chi connectivity index (χ1n) is 6.98. The fourth-order valence-electron chi connectivity index (χ4n) is 2.09. The summed E-state index contributed by atoms with van der Waals surface area (Å²) in [6, 6.07) is 0.296. The van der Waals surface area contributed by atoms with Crippen molar-refractivity contribution in [2.45, 2.75) is 38.1 Å². The van der Waals surface area contributed by atoms with E-state index in [1.807, 2.05) is 0 Å². The van der Waals surface area contributed by atoms with E-state index in [0.29, 0.717) is 38.6 Å². The molecule has 1 rings (SSSR count). The maximum atomic E-state index is 11.7. The van der Waals surface area contributed by atoms with E-state index in [-0.39, 0.29) is 11.8 Å². The molecule has 0 aliphatic carbocycles. The molecule has 0 saturated carbocycles. The van der Waals surface area contributed by atoms with Crippen molar-refractivity contribution < 1.29 is 14.3 Å². The van der Waals surface area contributed by atoms with Gasteiger partial charge in [0.05, 0.1) is 6.61 Å². The van der Waals surface area contributed by atoms with Gasteiger partial charge in [-0.2, -0.15) is 0 Å². The summed E-state index contributed by atoms with van der Waals surface area (Å²) in [5.41, 5.74) is 0. The van der Waals surface area contributed by atoms with Gasteiger partial charge < -0.3 is 20.7 Å². The average molecular weight is 271 g/mol. The smallest absolute Gasteiger partial charge is 0.221 e. The van der Waals surface area contributed by atoms with E-state index in [2.05, 4.69) is 16.0 Å². The molecule has 1 aliphatic heterocycles. The summed E-state index contributed by atoms with van der Waals surface area (Å²) in [6.45, 7) is 2.41. The van der Waals surface area contributed by atoms with Gasteiger partial charge in [-0.15, -0.1) is 0 Å². The summed E-state index contributed by atoms with van der Waals surface area (Å²) in [7, 11) is 1.59. The molecule has 0 aromatic rings. The van der Waals surface area contributed by atoms with Crippen LogP contribution < -0.4 is 16.0 Å². The van der Waals surface area contributed by atoms with E-state index in [9.17, 15) is 9.59 Å². The van der Waals surface area contributed by atoms with E-state index in [0.717, 1.165) is 13.0 Å². The van der Waals surface area contributed by atoms with Gasteiger partial charge >= 0.3 is 0 Å². The van der Waals surface area contributed by atoms with Crippen molar-refractivity contribution in [2.75, 3.05) is 33.4 Å². The molecule has 1 saturated heterocycles. The highest BCUT2D eigenvalue weighted by atomic mass is 16.5. The Kier molecular flexibility index (Phi) is 8.16. The van der Waals surface area contributed by atoms with Gasteiger partial charge in [0.15, 0.2) is 0 Å². The largest absolute Gasteiger partial charge is 0.383 e. The van der Waals surface area contributed by atoms with Crippen LogP contribution in [-0.4, -0.2) is 51.2 Å². The number of carbonyl (C=O) groups excluding carboxylic acids is 2. The van der Waals surface area contributed by atoms with Crippen LogP contribution in [0.25, 0.3) is 0 Å². The SMILES string of the molecule is COCCNC(=O)CCNC(=O)CC1CCCCN1. The van der Waals surface area contributed by atoms with Gasteiger partial charge in [0, 0.05) is 39.1 Å². The Bertz CT molecular complexity index is 278. The summed E-state index contributed by atoms with van der Waals surface area (Å²) < 4.78 is 4.83. The predicted molar refractivity (Wildman–Crippen MR) is 72.8 cm³/mol. The van der Waals surface area contributed by atoms with Crippen molar-refractivity contribution in [1.82, 2.24) is 16.0 Å². The van der Waals surface area contributed by atoms with Crippen molar-refractivity contribution >= 4 is 11.8 Å². The Morgan fingerprint density at radius 1 is 1.21 bits per heavy atom. The topological polar surface area (TPSA) is 79.5 Å². The number of carbonyl (C=O) groups is 2. The van der Waals surface area contributed by atoms with Crippen molar-refractivity contribution in [2.24, 2.45) is 0 Å². The molecule has 1 unspecified atom stereocenters. The van der Waals surface area contributed by atoms with Gasteiger partial charge in [0.25, 0.3) is 0 Å². The molecule has 0 aromatic heterocycles. The number of nitrogens with one attached hydrogen (secondary N) is 3. The quantitative estimate of drug-likeness (QED) is 0.534. The van der Waals surface area contributed by atoms with Crippen molar-refractivity contribution in [3.63, 3.8) is 0 Å². The van der Waals surface area contributed by atoms with Gasteiger partial charge in [-0.05, 0) is 19.4 Å². The molecule has 3 N–H and O–H groups in total. The summed E-state index contributed by atoms with van der Waals surface area (Å²) in [5, 5.41) is 8.82. The van der Waals surface area contributed by atoms with Crippen LogP contribution in [0.15, 0.2) is 0 Å². The third kappa shape index (κ3) is 7.79. The molecule has 6 nitrogen and oxygen atoms in total. The molecule has 0 aromatic carbocycles. The zero-order valence-electron chi connectivity index (χ0n) is 11.7. The van der Waals surface area contributed by atoms with Crippen LogP contribution in [0, 0.1) is 0 Å². The lowest BCUT2D eigenvalue weighted by molar-refractivity contribution is -0.122. The minimum Gasteiger partial charge on any atom is -0.383 e. The minimum absolute atomic E-state index is 0.0177. The monoisotopic (exact) mass is 271 g/mol. The molecule has 6 heteroatoms. The van der Waals surface area contributed by atoms with Gasteiger partial charge in [-0.3, -0.25) is 9.59 Å². The fraction of sp³-hybridized carbons (Fsp3) is 0.846. The number of hydrogen-bond acceptors (Lipinski definition) is 4. The van der Waals surface area contributed by atoms with E-state index in [1.54, 1.807) is 7.11 Å². The highest BCUT2D eigenvalue weighted by Crippen LogP contribution is 2.09. The van der Waals surface area contributed by atoms with Crippen LogP contribution in [0.5, 0.6) is 0 Å². The van der Waals surface area contributed by atoms with E-state index in [1.165, 1.54) is 12.8 Å². The zero-order chi connectivity index (χ0) is 13.9. The van der Waals surface area contributed by atoms with Gasteiger partial charge in [-0.25, -0.2) is 0 Å². The lowest BCUT2D eigenvalue weighted by Crippen LogP contribution is -2.39. The van der Waals surface area contributed by atoms with Crippen LogP contribution in [0.1, 0.15) is 32.1 Å². The molecule has 1 atom stereocenters. The predicted octanol–water partition coefficient (Wildman–Crippen LogP) is -0.212. The van der Waals surface area contributed by atoms with Crippen LogP contribution in [0.4, 0.5) is 0 Å². The summed E-state index contributed by atoms with van der Waals surface area (Å²) in [6.07, 6.45) is 4.26. The molecular formula is C13H25N3O3. The molecule has 1 fully saturated rings. The van der Waals surface area contributed by atoms with E-state index >= 15 is 0 Å². The number of methoxy groups -OCH3 is 1. The van der Waals surface area contributed by atoms with Crippen LogP contribution >= 0.6 is 0 Å².